The van der Waals surface area contributed by atoms with Crippen molar-refractivity contribution in [1.29, 1.82) is 0 Å². The molecule has 1 aromatic rings. The number of hydrogen-bond donors (Lipinski definition) is 3. The second kappa shape index (κ2) is 7.24. The highest BCUT2D eigenvalue weighted by Crippen LogP contribution is 2.20. The van der Waals surface area contributed by atoms with E-state index in [0.29, 0.717) is 13.1 Å². The van der Waals surface area contributed by atoms with Crippen molar-refractivity contribution in [3.8, 4) is 0 Å². The van der Waals surface area contributed by atoms with Crippen LogP contribution in [0.4, 0.5) is 5.69 Å². The van der Waals surface area contributed by atoms with Crippen LogP contribution in [-0.2, 0) is 10.0 Å². The summed E-state index contributed by atoms with van der Waals surface area (Å²) in [6.45, 7) is 9.28. The van der Waals surface area contributed by atoms with Gasteiger partial charge in [0.2, 0.25) is 10.0 Å². The van der Waals surface area contributed by atoms with Crippen molar-refractivity contribution < 1.29 is 8.42 Å². The van der Waals surface area contributed by atoms with Crippen LogP contribution in [-0.4, -0.2) is 27.5 Å². The highest BCUT2D eigenvalue weighted by Gasteiger charge is 2.15. The van der Waals surface area contributed by atoms with Crippen molar-refractivity contribution in [3.63, 3.8) is 0 Å². The van der Waals surface area contributed by atoms with Crippen LogP contribution < -0.4 is 15.8 Å². The molecule has 0 radical (unpaired) electrons. The Balaban J connectivity index is 2.60. The first-order valence-electron chi connectivity index (χ1n) is 7.23. The lowest BCUT2D eigenvalue weighted by Crippen LogP contribution is -2.33. The maximum absolute atomic E-state index is 11.8. The van der Waals surface area contributed by atoms with Gasteiger partial charge in [-0.1, -0.05) is 27.7 Å². The van der Waals surface area contributed by atoms with Crippen molar-refractivity contribution >= 4 is 15.7 Å². The molecular weight excluding hydrogens is 286 g/mol. The second-order valence-electron chi connectivity index (χ2n) is 6.43. The molecule has 120 valence electrons. The molecule has 0 amide bonds. The van der Waals surface area contributed by atoms with Crippen molar-refractivity contribution in [3.05, 3.63) is 24.3 Å². The van der Waals surface area contributed by atoms with Gasteiger partial charge in [-0.05, 0) is 36.1 Å². The lowest BCUT2D eigenvalue weighted by molar-refractivity contribution is 0.345. The minimum absolute atomic E-state index is 0.0650. The highest BCUT2D eigenvalue weighted by atomic mass is 32.2. The summed E-state index contributed by atoms with van der Waals surface area (Å²) >= 11 is 0. The standard InChI is InChI=1S/C15H27N3O2S/c1-5-18-21(19,20)14-8-6-13(7-9-14)17-11-12(16)10-15(2,3)4/h6-9,12,17-18H,5,10-11,16H2,1-4H3. The van der Waals surface area contributed by atoms with Gasteiger partial charge in [-0.3, -0.25) is 0 Å². The van der Waals surface area contributed by atoms with Crippen LogP contribution in [0, 0.1) is 5.41 Å². The monoisotopic (exact) mass is 313 g/mol. The minimum Gasteiger partial charge on any atom is -0.383 e. The molecule has 0 heterocycles. The molecule has 0 saturated heterocycles. The first kappa shape index (κ1) is 17.9. The fourth-order valence-corrected chi connectivity index (χ4v) is 3.17. The van der Waals surface area contributed by atoms with Gasteiger partial charge in [0.05, 0.1) is 4.90 Å². The molecule has 0 aliphatic heterocycles. The van der Waals surface area contributed by atoms with Gasteiger partial charge in [0.1, 0.15) is 0 Å². The van der Waals surface area contributed by atoms with E-state index < -0.39 is 10.0 Å². The van der Waals surface area contributed by atoms with Gasteiger partial charge in [0.25, 0.3) is 0 Å². The van der Waals surface area contributed by atoms with E-state index >= 15 is 0 Å². The van der Waals surface area contributed by atoms with E-state index in [4.69, 9.17) is 5.73 Å². The van der Waals surface area contributed by atoms with E-state index in [1.807, 2.05) is 0 Å². The van der Waals surface area contributed by atoms with Gasteiger partial charge >= 0.3 is 0 Å². The van der Waals surface area contributed by atoms with E-state index in [0.717, 1.165) is 12.1 Å². The zero-order valence-corrected chi connectivity index (χ0v) is 14.1. The third kappa shape index (κ3) is 6.46. The molecule has 0 aliphatic rings. The average molecular weight is 313 g/mol. The summed E-state index contributed by atoms with van der Waals surface area (Å²) in [6, 6.07) is 6.77. The van der Waals surface area contributed by atoms with Crippen LogP contribution in [0.1, 0.15) is 34.1 Å². The molecule has 21 heavy (non-hydrogen) atoms. The summed E-state index contributed by atoms with van der Waals surface area (Å²) in [6.07, 6.45) is 0.923. The van der Waals surface area contributed by atoms with Gasteiger partial charge in [0, 0.05) is 24.8 Å². The van der Waals surface area contributed by atoms with Crippen LogP contribution >= 0.6 is 0 Å². The molecular formula is C15H27N3O2S. The van der Waals surface area contributed by atoms with E-state index in [1.165, 1.54) is 0 Å². The zero-order valence-electron chi connectivity index (χ0n) is 13.3. The fraction of sp³-hybridized carbons (Fsp3) is 0.600. The summed E-state index contributed by atoms with van der Waals surface area (Å²) in [5.41, 5.74) is 7.15. The number of nitrogens with one attached hydrogen (secondary N) is 2. The molecule has 1 aromatic carbocycles. The Morgan fingerprint density at radius 3 is 2.24 bits per heavy atom. The van der Waals surface area contributed by atoms with Crippen LogP contribution in [0.5, 0.6) is 0 Å². The third-order valence-electron chi connectivity index (χ3n) is 2.94. The number of anilines is 1. The SMILES string of the molecule is CCNS(=O)(=O)c1ccc(NCC(N)CC(C)(C)C)cc1. The summed E-state index contributed by atoms with van der Waals surface area (Å²) in [7, 11) is -3.38. The zero-order chi connectivity index (χ0) is 16.1. The Morgan fingerprint density at radius 1 is 1.19 bits per heavy atom. The van der Waals surface area contributed by atoms with Crippen LogP contribution in [0.3, 0.4) is 0 Å². The number of benzene rings is 1. The Kier molecular flexibility index (Phi) is 6.19. The molecule has 1 unspecified atom stereocenters. The molecule has 0 aromatic heterocycles. The Morgan fingerprint density at radius 2 is 1.76 bits per heavy atom. The highest BCUT2D eigenvalue weighted by molar-refractivity contribution is 7.89. The van der Waals surface area contributed by atoms with Crippen LogP contribution in [0.2, 0.25) is 0 Å². The molecule has 0 fully saturated rings. The van der Waals surface area contributed by atoms with Crippen molar-refractivity contribution in [2.45, 2.75) is 45.1 Å². The predicted octanol–water partition coefficient (Wildman–Crippen LogP) is 2.16. The van der Waals surface area contributed by atoms with Crippen LogP contribution in [0.15, 0.2) is 29.2 Å². The molecule has 0 bridgehead atoms. The van der Waals surface area contributed by atoms with Gasteiger partial charge in [-0.2, -0.15) is 0 Å². The Bertz CT molecular complexity index is 533. The van der Waals surface area contributed by atoms with Crippen molar-refractivity contribution in [2.24, 2.45) is 11.1 Å². The van der Waals surface area contributed by atoms with E-state index in [-0.39, 0.29) is 16.4 Å². The second-order valence-corrected chi connectivity index (χ2v) is 8.20. The minimum atomic E-state index is -3.38. The maximum atomic E-state index is 11.8. The van der Waals surface area contributed by atoms with Gasteiger partial charge in [-0.15, -0.1) is 0 Å². The summed E-state index contributed by atoms with van der Waals surface area (Å²) in [5, 5.41) is 3.24. The quantitative estimate of drug-likeness (QED) is 0.720. The van der Waals surface area contributed by atoms with E-state index in [1.54, 1.807) is 31.2 Å². The normalized spacial score (nSPS) is 14.0. The summed E-state index contributed by atoms with van der Waals surface area (Å²) < 4.78 is 26.1. The van der Waals surface area contributed by atoms with E-state index in [2.05, 4.69) is 30.8 Å². The van der Waals surface area contributed by atoms with Gasteiger partial charge in [-0.25, -0.2) is 13.1 Å². The summed E-state index contributed by atoms with van der Waals surface area (Å²) in [5.74, 6) is 0. The lowest BCUT2D eigenvalue weighted by Gasteiger charge is -2.23. The Hall–Kier alpha value is -1.11. The first-order chi connectivity index (χ1) is 9.64. The first-order valence-corrected chi connectivity index (χ1v) is 8.71. The topological polar surface area (TPSA) is 84.2 Å². The largest absolute Gasteiger partial charge is 0.383 e. The number of sulfonamides is 1. The molecule has 5 nitrogen and oxygen atoms in total. The van der Waals surface area contributed by atoms with Crippen molar-refractivity contribution in [2.75, 3.05) is 18.4 Å². The molecule has 1 atom stereocenters. The number of nitrogens with two attached hydrogens (primary N) is 1. The fourth-order valence-electron chi connectivity index (χ4n) is 2.13. The predicted molar refractivity (Wildman–Crippen MR) is 87.8 cm³/mol. The van der Waals surface area contributed by atoms with E-state index in [9.17, 15) is 8.42 Å². The van der Waals surface area contributed by atoms with Gasteiger partial charge in [0.15, 0.2) is 0 Å². The maximum Gasteiger partial charge on any atom is 0.240 e. The molecule has 1 rings (SSSR count). The smallest absolute Gasteiger partial charge is 0.240 e. The Labute approximate surface area is 128 Å². The van der Waals surface area contributed by atoms with Gasteiger partial charge < -0.3 is 11.1 Å². The number of hydrogen-bond acceptors (Lipinski definition) is 4. The number of rotatable bonds is 7. The molecule has 0 saturated carbocycles. The van der Waals surface area contributed by atoms with Crippen LogP contribution in [0.25, 0.3) is 0 Å². The summed E-state index contributed by atoms with van der Waals surface area (Å²) in [4.78, 5) is 0.272. The molecule has 4 N–H and O–H groups in total. The molecule has 0 spiro atoms. The lowest BCUT2D eigenvalue weighted by atomic mass is 9.88. The van der Waals surface area contributed by atoms with Crippen molar-refractivity contribution in [1.82, 2.24) is 4.72 Å². The molecule has 6 heteroatoms. The average Bonchev–Trinajstić information content (AvgIpc) is 2.35. The third-order valence-corrected chi connectivity index (χ3v) is 4.50. The molecule has 0 aliphatic carbocycles.